The number of nitrogens with zero attached hydrogens (tertiary/aromatic N) is 3. The Morgan fingerprint density at radius 3 is 2.54 bits per heavy atom. The summed E-state index contributed by atoms with van der Waals surface area (Å²) in [5.41, 5.74) is 12.5. The van der Waals surface area contributed by atoms with Crippen molar-refractivity contribution in [1.82, 2.24) is 4.57 Å². The van der Waals surface area contributed by atoms with Gasteiger partial charge in [-0.1, -0.05) is 42.5 Å². The van der Waals surface area contributed by atoms with Crippen molar-refractivity contribution in [3.8, 4) is 17.2 Å². The Balaban J connectivity index is 1.61. The fraction of sp³-hybridized carbons (Fsp3) is 0.0435. The summed E-state index contributed by atoms with van der Waals surface area (Å²) >= 11 is 0. The highest BCUT2D eigenvalue weighted by molar-refractivity contribution is 5.99. The van der Waals surface area contributed by atoms with Crippen molar-refractivity contribution >= 4 is 16.7 Å². The molecule has 0 aliphatic rings. The maximum atomic E-state index is 9.29. The summed E-state index contributed by atoms with van der Waals surface area (Å²) in [5.74, 6) is -0.0390. The highest BCUT2D eigenvalue weighted by atomic mass is 15.0. The van der Waals surface area contributed by atoms with E-state index in [2.05, 4.69) is 27.9 Å². The van der Waals surface area contributed by atoms with Gasteiger partial charge in [-0.3, -0.25) is 5.41 Å². The number of nitrogens with one attached hydrogen (secondary N) is 2. The predicted molar refractivity (Wildman–Crippen MR) is 110 cm³/mol. The van der Waals surface area contributed by atoms with Gasteiger partial charge in [0, 0.05) is 29.2 Å². The van der Waals surface area contributed by atoms with Crippen LogP contribution in [0.5, 0.6) is 0 Å². The Labute approximate surface area is 162 Å². The summed E-state index contributed by atoms with van der Waals surface area (Å²) in [6, 6.07) is 25.8. The molecule has 5 nitrogen and oxygen atoms in total. The van der Waals surface area contributed by atoms with Gasteiger partial charge in [-0.25, -0.2) is 5.53 Å². The van der Waals surface area contributed by atoms with Gasteiger partial charge in [-0.15, -0.1) is 5.11 Å². The molecule has 3 aromatic carbocycles. The van der Waals surface area contributed by atoms with Gasteiger partial charge in [0.1, 0.15) is 0 Å². The van der Waals surface area contributed by atoms with Crippen LogP contribution < -0.4 is 0 Å². The molecule has 1 aromatic heterocycles. The number of fused-ring (bicyclic) bond motifs is 1. The fourth-order valence-corrected chi connectivity index (χ4v) is 3.37. The van der Waals surface area contributed by atoms with Crippen molar-refractivity contribution in [1.29, 1.82) is 16.2 Å². The minimum absolute atomic E-state index is 0.0390. The van der Waals surface area contributed by atoms with Crippen LogP contribution in [0.1, 0.15) is 16.7 Å². The summed E-state index contributed by atoms with van der Waals surface area (Å²) < 4.78 is 2.15. The van der Waals surface area contributed by atoms with E-state index in [4.69, 9.17) is 10.9 Å². The molecule has 4 aromatic rings. The molecule has 4 rings (SSSR count). The lowest BCUT2D eigenvalue weighted by atomic mass is 9.99. The summed E-state index contributed by atoms with van der Waals surface area (Å²) in [5, 5.41) is 21.2. The monoisotopic (exact) mass is 363 g/mol. The molecule has 0 fully saturated rings. The first kappa shape index (κ1) is 17.4. The SMILES string of the molecule is N#Cc1ccccc1-c1ccc(Cn2ccc3cc(C(=N)N=N)ccc32)cc1. The fourth-order valence-electron chi connectivity index (χ4n) is 3.37. The number of nitriles is 1. The van der Waals surface area contributed by atoms with E-state index in [9.17, 15) is 5.26 Å². The van der Waals surface area contributed by atoms with Crippen LogP contribution >= 0.6 is 0 Å². The van der Waals surface area contributed by atoms with Crippen LogP contribution in [0.4, 0.5) is 0 Å². The van der Waals surface area contributed by atoms with E-state index in [1.807, 2.05) is 66.9 Å². The van der Waals surface area contributed by atoms with Crippen molar-refractivity contribution < 1.29 is 0 Å². The third-order valence-electron chi connectivity index (χ3n) is 4.82. The van der Waals surface area contributed by atoms with Gasteiger partial charge in [-0.05, 0) is 47.0 Å². The second-order valence-corrected chi connectivity index (χ2v) is 6.53. The molecule has 0 aliphatic carbocycles. The summed E-state index contributed by atoms with van der Waals surface area (Å²) in [7, 11) is 0. The minimum atomic E-state index is -0.0390. The molecular weight excluding hydrogens is 346 g/mol. The summed E-state index contributed by atoms with van der Waals surface area (Å²) in [6.45, 7) is 0.725. The van der Waals surface area contributed by atoms with Crippen molar-refractivity contribution in [3.63, 3.8) is 0 Å². The Morgan fingerprint density at radius 2 is 1.79 bits per heavy atom. The lowest BCUT2D eigenvalue weighted by Crippen LogP contribution is -1.98. The van der Waals surface area contributed by atoms with Crippen molar-refractivity contribution in [3.05, 3.63) is 95.7 Å². The van der Waals surface area contributed by atoms with Crippen molar-refractivity contribution in [2.75, 3.05) is 0 Å². The highest BCUT2D eigenvalue weighted by Gasteiger charge is 2.07. The van der Waals surface area contributed by atoms with Gasteiger partial charge in [0.15, 0.2) is 5.84 Å². The number of hydrogen-bond donors (Lipinski definition) is 2. The topological polar surface area (TPSA) is 88.8 Å². The van der Waals surface area contributed by atoms with Gasteiger partial charge in [0.05, 0.1) is 11.6 Å². The number of rotatable bonds is 4. The standard InChI is InChI=1S/C23H17N5/c24-14-20-3-1-2-4-21(20)17-7-5-16(6-8-17)15-28-12-11-18-13-19(23(25)27-26)9-10-22(18)28/h1-13,25-26H,15H2. The van der Waals surface area contributed by atoms with Crippen LogP contribution in [0.3, 0.4) is 0 Å². The molecule has 0 spiro atoms. The molecule has 0 bridgehead atoms. The molecule has 134 valence electrons. The van der Waals surface area contributed by atoms with Gasteiger partial charge in [0.2, 0.25) is 0 Å². The van der Waals surface area contributed by atoms with Crippen LogP contribution in [-0.4, -0.2) is 10.4 Å². The number of amidine groups is 1. The zero-order chi connectivity index (χ0) is 19.5. The molecule has 0 atom stereocenters. The van der Waals surface area contributed by atoms with E-state index in [1.165, 1.54) is 0 Å². The first-order valence-corrected chi connectivity index (χ1v) is 8.83. The molecule has 5 heteroatoms. The first-order valence-electron chi connectivity index (χ1n) is 8.83. The maximum Gasteiger partial charge on any atom is 0.173 e. The summed E-state index contributed by atoms with van der Waals surface area (Å²) in [6.07, 6.45) is 2.02. The molecule has 0 saturated carbocycles. The van der Waals surface area contributed by atoms with E-state index in [1.54, 1.807) is 0 Å². The Hall–Kier alpha value is -4.04. The van der Waals surface area contributed by atoms with E-state index < -0.39 is 0 Å². The highest BCUT2D eigenvalue weighted by Crippen LogP contribution is 2.24. The van der Waals surface area contributed by atoms with Gasteiger partial charge in [-0.2, -0.15) is 5.26 Å². The Kier molecular flexibility index (Phi) is 4.53. The van der Waals surface area contributed by atoms with Gasteiger partial charge < -0.3 is 4.57 Å². The van der Waals surface area contributed by atoms with Gasteiger partial charge in [0.25, 0.3) is 0 Å². The van der Waals surface area contributed by atoms with Crippen LogP contribution in [0.15, 0.2) is 84.1 Å². The van der Waals surface area contributed by atoms with Gasteiger partial charge >= 0.3 is 0 Å². The first-order chi connectivity index (χ1) is 13.7. The molecule has 2 N–H and O–H groups in total. The van der Waals surface area contributed by atoms with E-state index >= 15 is 0 Å². The predicted octanol–water partition coefficient (Wildman–Crippen LogP) is 5.58. The number of benzene rings is 3. The maximum absolute atomic E-state index is 9.29. The average Bonchev–Trinajstić information content (AvgIpc) is 3.15. The zero-order valence-electron chi connectivity index (χ0n) is 15.1. The van der Waals surface area contributed by atoms with E-state index in [0.717, 1.165) is 34.1 Å². The van der Waals surface area contributed by atoms with E-state index in [0.29, 0.717) is 11.1 Å². The minimum Gasteiger partial charge on any atom is -0.343 e. The molecule has 0 aliphatic heterocycles. The molecule has 0 unspecified atom stereocenters. The second-order valence-electron chi connectivity index (χ2n) is 6.53. The zero-order valence-corrected chi connectivity index (χ0v) is 15.1. The number of aromatic nitrogens is 1. The Bertz CT molecular complexity index is 1230. The molecule has 0 saturated heterocycles. The molecule has 1 heterocycles. The van der Waals surface area contributed by atoms with E-state index in [-0.39, 0.29) is 5.84 Å². The van der Waals surface area contributed by atoms with Crippen LogP contribution in [0.2, 0.25) is 0 Å². The molecular formula is C23H17N5. The van der Waals surface area contributed by atoms with Crippen molar-refractivity contribution in [2.45, 2.75) is 6.54 Å². The normalized spacial score (nSPS) is 10.5. The molecule has 0 radical (unpaired) electrons. The van der Waals surface area contributed by atoms with Crippen molar-refractivity contribution in [2.24, 2.45) is 5.11 Å². The lowest BCUT2D eigenvalue weighted by Gasteiger charge is -2.09. The van der Waals surface area contributed by atoms with Crippen LogP contribution in [0, 0.1) is 22.3 Å². The lowest BCUT2D eigenvalue weighted by molar-refractivity contribution is 0.837. The average molecular weight is 363 g/mol. The molecule has 28 heavy (non-hydrogen) atoms. The second kappa shape index (κ2) is 7.29. The van der Waals surface area contributed by atoms with Crippen LogP contribution in [-0.2, 0) is 6.54 Å². The third kappa shape index (κ3) is 3.19. The summed E-state index contributed by atoms with van der Waals surface area (Å²) in [4.78, 5) is 0. The Morgan fingerprint density at radius 1 is 1.00 bits per heavy atom. The molecule has 0 amide bonds. The quantitative estimate of drug-likeness (QED) is 0.276. The third-order valence-corrected chi connectivity index (χ3v) is 4.82. The smallest absolute Gasteiger partial charge is 0.173 e. The van der Waals surface area contributed by atoms with Crippen LogP contribution in [0.25, 0.3) is 22.0 Å². The largest absolute Gasteiger partial charge is 0.343 e. The number of hydrogen-bond acceptors (Lipinski definition) is 3.